The van der Waals surface area contributed by atoms with Gasteiger partial charge in [0, 0.05) is 6.07 Å². The second kappa shape index (κ2) is 8.48. The quantitative estimate of drug-likeness (QED) is 0.318. The first-order chi connectivity index (χ1) is 13.0. The van der Waals surface area contributed by atoms with Crippen LogP contribution in [0.15, 0.2) is 60.7 Å². The number of para-hydroxylation sites is 2. The maximum Gasteiger partial charge on any atom is 0.313 e. The molecule has 0 saturated carbocycles. The van der Waals surface area contributed by atoms with Gasteiger partial charge in [-0.1, -0.05) is 59.1 Å². The maximum atomic E-state index is 11.1. The van der Waals surface area contributed by atoms with E-state index in [9.17, 15) is 10.1 Å². The number of rotatable bonds is 6. The summed E-state index contributed by atoms with van der Waals surface area (Å²) in [4.78, 5) is 10.6. The molecule has 0 aliphatic carbocycles. The molecule has 0 aliphatic rings. The van der Waals surface area contributed by atoms with Crippen molar-refractivity contribution in [1.29, 1.82) is 0 Å². The minimum Gasteiger partial charge on any atom is -0.486 e. The van der Waals surface area contributed by atoms with Gasteiger partial charge in [-0.2, -0.15) is 0 Å². The average molecular weight is 425 g/mol. The molecule has 3 aromatic rings. The monoisotopic (exact) mass is 423 g/mol. The van der Waals surface area contributed by atoms with Crippen molar-refractivity contribution in [2.75, 3.05) is 0 Å². The van der Waals surface area contributed by atoms with Gasteiger partial charge in [-0.15, -0.1) is 0 Å². The standard InChI is InChI=1S/C19H12Cl3NO4/c20-14-3-1-4-15(21)18(14)26-11-12-7-9-13(10-8-12)27-19-16(22)5-2-6-17(19)23(24)25/h1-10H,11H2. The molecule has 0 aliphatic heterocycles. The van der Waals surface area contributed by atoms with Crippen molar-refractivity contribution in [1.82, 2.24) is 0 Å². The van der Waals surface area contributed by atoms with E-state index in [-0.39, 0.29) is 23.1 Å². The third kappa shape index (κ3) is 4.63. The average Bonchev–Trinajstić information content (AvgIpc) is 2.64. The molecule has 0 bridgehead atoms. The normalized spacial score (nSPS) is 10.5. The summed E-state index contributed by atoms with van der Waals surface area (Å²) in [5.41, 5.74) is 0.635. The predicted molar refractivity (Wildman–Crippen MR) is 105 cm³/mol. The number of hydrogen-bond donors (Lipinski definition) is 0. The van der Waals surface area contributed by atoms with E-state index in [0.29, 0.717) is 21.5 Å². The number of benzene rings is 3. The number of nitro groups is 1. The molecule has 5 nitrogen and oxygen atoms in total. The second-order valence-corrected chi connectivity index (χ2v) is 6.65. The molecular weight excluding hydrogens is 413 g/mol. The van der Waals surface area contributed by atoms with Crippen LogP contribution in [0.3, 0.4) is 0 Å². The fraction of sp³-hybridized carbons (Fsp3) is 0.0526. The van der Waals surface area contributed by atoms with Crippen LogP contribution in [-0.2, 0) is 6.61 Å². The summed E-state index contributed by atoms with van der Waals surface area (Å²) >= 11 is 18.2. The van der Waals surface area contributed by atoms with Crippen molar-refractivity contribution in [2.45, 2.75) is 6.61 Å². The number of nitrogens with zero attached hydrogens (tertiary/aromatic N) is 1. The van der Waals surface area contributed by atoms with Crippen LogP contribution in [0.1, 0.15) is 5.56 Å². The molecule has 0 aromatic heterocycles. The highest BCUT2D eigenvalue weighted by Crippen LogP contribution is 2.38. The van der Waals surface area contributed by atoms with Crippen LogP contribution in [0, 0.1) is 10.1 Å². The van der Waals surface area contributed by atoms with Gasteiger partial charge >= 0.3 is 5.69 Å². The lowest BCUT2D eigenvalue weighted by atomic mass is 10.2. The van der Waals surface area contributed by atoms with E-state index in [1.165, 1.54) is 18.2 Å². The molecule has 8 heteroatoms. The van der Waals surface area contributed by atoms with Gasteiger partial charge in [0.05, 0.1) is 20.0 Å². The molecule has 0 saturated heterocycles. The predicted octanol–water partition coefficient (Wildman–Crippen LogP) is 6.93. The van der Waals surface area contributed by atoms with Crippen LogP contribution >= 0.6 is 34.8 Å². The summed E-state index contributed by atoms with van der Waals surface area (Å²) in [6.07, 6.45) is 0. The fourth-order valence-corrected chi connectivity index (χ4v) is 3.00. The minimum absolute atomic E-state index is 0.00369. The van der Waals surface area contributed by atoms with Gasteiger partial charge in [-0.3, -0.25) is 10.1 Å². The fourth-order valence-electron chi connectivity index (χ4n) is 2.29. The molecule has 0 unspecified atom stereocenters. The minimum atomic E-state index is -0.545. The highest BCUT2D eigenvalue weighted by Gasteiger charge is 2.19. The topological polar surface area (TPSA) is 61.6 Å². The molecule has 3 aromatic carbocycles. The molecule has 0 amide bonds. The number of nitro benzene ring substituents is 1. The summed E-state index contributed by atoms with van der Waals surface area (Å²) in [5.74, 6) is 0.814. The Kier molecular flexibility index (Phi) is 6.06. The molecule has 0 spiro atoms. The highest BCUT2D eigenvalue weighted by molar-refractivity contribution is 6.37. The Balaban J connectivity index is 1.72. The van der Waals surface area contributed by atoms with Crippen molar-refractivity contribution in [3.8, 4) is 17.2 Å². The number of halogens is 3. The van der Waals surface area contributed by atoms with Crippen molar-refractivity contribution in [3.63, 3.8) is 0 Å². The number of hydrogen-bond acceptors (Lipinski definition) is 4. The van der Waals surface area contributed by atoms with Crippen LogP contribution in [-0.4, -0.2) is 4.92 Å². The van der Waals surface area contributed by atoms with Gasteiger partial charge in [-0.25, -0.2) is 0 Å². The first-order valence-electron chi connectivity index (χ1n) is 7.72. The molecule has 0 fully saturated rings. The molecule has 27 heavy (non-hydrogen) atoms. The van der Waals surface area contributed by atoms with Crippen molar-refractivity contribution < 1.29 is 14.4 Å². The molecule has 138 valence electrons. The van der Waals surface area contributed by atoms with Crippen molar-refractivity contribution in [3.05, 3.63) is 91.4 Å². The van der Waals surface area contributed by atoms with Gasteiger partial charge in [0.25, 0.3) is 0 Å². The zero-order chi connectivity index (χ0) is 19.4. The lowest BCUT2D eigenvalue weighted by molar-refractivity contribution is -0.385. The zero-order valence-electron chi connectivity index (χ0n) is 13.7. The summed E-state index contributed by atoms with van der Waals surface area (Å²) in [6.45, 7) is 0.246. The summed E-state index contributed by atoms with van der Waals surface area (Å²) in [7, 11) is 0. The summed E-state index contributed by atoms with van der Waals surface area (Å²) < 4.78 is 11.3. The summed E-state index contributed by atoms with van der Waals surface area (Å²) in [6, 6.07) is 16.3. The lowest BCUT2D eigenvalue weighted by Gasteiger charge is -2.11. The van der Waals surface area contributed by atoms with Crippen LogP contribution in [0.4, 0.5) is 5.69 Å². The van der Waals surface area contributed by atoms with E-state index in [0.717, 1.165) is 5.56 Å². The lowest BCUT2D eigenvalue weighted by Crippen LogP contribution is -1.97. The maximum absolute atomic E-state index is 11.1. The Morgan fingerprint density at radius 3 is 1.96 bits per heavy atom. The molecular formula is C19H12Cl3NO4. The van der Waals surface area contributed by atoms with Gasteiger partial charge in [0.15, 0.2) is 5.75 Å². The summed E-state index contributed by atoms with van der Waals surface area (Å²) in [5, 5.41) is 12.1. The van der Waals surface area contributed by atoms with E-state index < -0.39 is 4.92 Å². The third-order valence-electron chi connectivity index (χ3n) is 3.59. The number of ether oxygens (including phenoxy) is 2. The largest absolute Gasteiger partial charge is 0.486 e. The van der Waals surface area contributed by atoms with Crippen molar-refractivity contribution in [2.24, 2.45) is 0 Å². The van der Waals surface area contributed by atoms with Gasteiger partial charge in [0.2, 0.25) is 5.75 Å². The molecule has 0 N–H and O–H groups in total. The SMILES string of the molecule is O=[N+]([O-])c1cccc(Cl)c1Oc1ccc(COc2c(Cl)cccc2Cl)cc1. The van der Waals surface area contributed by atoms with Gasteiger partial charge < -0.3 is 9.47 Å². The Labute approximate surface area is 170 Å². The molecule has 0 heterocycles. The van der Waals surface area contributed by atoms with Crippen LogP contribution < -0.4 is 9.47 Å². The molecule has 0 atom stereocenters. The Morgan fingerprint density at radius 1 is 0.815 bits per heavy atom. The Hall–Kier alpha value is -2.47. The van der Waals surface area contributed by atoms with Crippen molar-refractivity contribution >= 4 is 40.5 Å². The van der Waals surface area contributed by atoms with Gasteiger partial charge in [-0.05, 0) is 35.9 Å². The van der Waals surface area contributed by atoms with E-state index >= 15 is 0 Å². The van der Waals surface area contributed by atoms with E-state index in [2.05, 4.69) is 0 Å². The van der Waals surface area contributed by atoms with E-state index in [1.807, 2.05) is 0 Å². The third-order valence-corrected chi connectivity index (χ3v) is 4.48. The first kappa shape index (κ1) is 19.3. The molecule has 3 rings (SSSR count). The second-order valence-electron chi connectivity index (χ2n) is 5.43. The van der Waals surface area contributed by atoms with Crippen LogP contribution in [0.5, 0.6) is 17.2 Å². The first-order valence-corrected chi connectivity index (χ1v) is 8.85. The van der Waals surface area contributed by atoms with Crippen LogP contribution in [0.2, 0.25) is 15.1 Å². The van der Waals surface area contributed by atoms with Crippen LogP contribution in [0.25, 0.3) is 0 Å². The molecule has 0 radical (unpaired) electrons. The Bertz CT molecular complexity index is 957. The highest BCUT2D eigenvalue weighted by atomic mass is 35.5. The van der Waals surface area contributed by atoms with E-state index in [4.69, 9.17) is 44.3 Å². The smallest absolute Gasteiger partial charge is 0.313 e. The van der Waals surface area contributed by atoms with E-state index in [1.54, 1.807) is 42.5 Å². The van der Waals surface area contributed by atoms with Gasteiger partial charge in [0.1, 0.15) is 12.4 Å². The Morgan fingerprint density at radius 2 is 1.37 bits per heavy atom. The zero-order valence-corrected chi connectivity index (χ0v) is 16.0.